The highest BCUT2D eigenvalue weighted by molar-refractivity contribution is 6.10. The summed E-state index contributed by atoms with van der Waals surface area (Å²) < 4.78 is 20.5. The quantitative estimate of drug-likeness (QED) is 0.220. The molecule has 3 N–H and O–H groups in total. The molecule has 3 aliphatic carbocycles. The summed E-state index contributed by atoms with van der Waals surface area (Å²) >= 11 is 0. The lowest BCUT2D eigenvalue weighted by Gasteiger charge is -2.62. The van der Waals surface area contributed by atoms with Gasteiger partial charge < -0.3 is 29.5 Å². The summed E-state index contributed by atoms with van der Waals surface area (Å²) in [4.78, 5) is 41.1. The second-order valence-electron chi connectivity index (χ2n) is 15.2. The highest BCUT2D eigenvalue weighted by Gasteiger charge is 2.85. The number of carbonyl (C=O) groups is 3. The van der Waals surface area contributed by atoms with Gasteiger partial charge in [0, 0.05) is 29.4 Å². The van der Waals surface area contributed by atoms with Gasteiger partial charge in [0.2, 0.25) is 0 Å². The molecule has 3 aliphatic heterocycles. The number of hydrogen-bond donors (Lipinski definition) is 3. The lowest BCUT2D eigenvalue weighted by atomic mass is 9.45. The topological polar surface area (TPSA) is 140 Å². The Kier molecular flexibility index (Phi) is 7.72. The molecule has 9 nitrogen and oxygen atoms in total. The van der Waals surface area contributed by atoms with Gasteiger partial charge in [-0.05, 0) is 93.2 Å². The van der Waals surface area contributed by atoms with E-state index < -0.39 is 63.8 Å². The first kappa shape index (κ1) is 33.2. The largest absolute Gasteiger partial charge is 0.506 e. The number of aliphatic carboxylic acids is 1. The Morgan fingerprint density at radius 3 is 2.32 bits per heavy atom. The van der Waals surface area contributed by atoms with Crippen LogP contribution < -0.4 is 9.47 Å². The molecule has 7 rings (SSSR count). The molecule has 3 saturated carbocycles. The normalized spacial score (nSPS) is 34.1. The molecule has 1 aromatic rings. The molecule has 252 valence electrons. The fraction of sp³-hybridized carbons (Fsp3) is 0.553. The first-order valence-corrected chi connectivity index (χ1v) is 16.5. The van der Waals surface area contributed by atoms with Crippen molar-refractivity contribution in [3.05, 3.63) is 57.7 Å². The molecule has 3 heterocycles. The number of aromatic hydroxyl groups is 1. The number of phenolic OH excluding ortho intramolecular Hbond substituents is 1. The molecule has 0 aromatic heterocycles. The van der Waals surface area contributed by atoms with Crippen molar-refractivity contribution in [3.63, 3.8) is 0 Å². The molecule has 1 aromatic carbocycles. The van der Waals surface area contributed by atoms with Crippen LogP contribution in [0, 0.1) is 17.8 Å². The number of aliphatic hydroxyl groups excluding tert-OH is 1. The van der Waals surface area contributed by atoms with Crippen LogP contribution in [-0.2, 0) is 20.7 Å². The number of benzene rings is 1. The number of carboxylic acids is 1. The Balaban J connectivity index is 1.60. The lowest BCUT2D eigenvalue weighted by molar-refractivity contribution is -0.220. The van der Waals surface area contributed by atoms with Crippen molar-refractivity contribution in [2.75, 3.05) is 0 Å². The van der Waals surface area contributed by atoms with Crippen molar-refractivity contribution in [1.29, 1.82) is 0 Å². The number of ether oxygens (including phenoxy) is 3. The zero-order valence-electron chi connectivity index (χ0n) is 28.5. The van der Waals surface area contributed by atoms with E-state index in [1.54, 1.807) is 6.08 Å². The predicted molar refractivity (Wildman–Crippen MR) is 176 cm³/mol. The van der Waals surface area contributed by atoms with Crippen molar-refractivity contribution in [3.8, 4) is 17.2 Å². The Bertz CT molecular complexity index is 1700. The summed E-state index contributed by atoms with van der Waals surface area (Å²) in [6.45, 7) is 15.1. The zero-order chi connectivity index (χ0) is 34.4. The summed E-state index contributed by atoms with van der Waals surface area (Å²) in [5.74, 6) is -4.44. The highest BCUT2D eigenvalue weighted by Crippen LogP contribution is 2.70. The Morgan fingerprint density at radius 1 is 1.00 bits per heavy atom. The monoisotopic (exact) mass is 646 g/mol. The standard InChI is InChI=1S/C38H46O9/c1-19(2)10-9-15-36(8)16-14-22-28(39)26-30(41)27-29(40)24-18-25-35(6,7)47-37(33(24)42,17-13-21(5)34(43)44)38(25,27)46-32(26)23(31(22)45-36)12-11-20(3)4/h10-11,13-14,16,24-25,27,29,39-40H,9,12,15,17-18H2,1-8H3,(H,43,44)/b21-13-/t24-,25?,27?,29?,36?,37-,38-/m0/s1. The van der Waals surface area contributed by atoms with Crippen molar-refractivity contribution < 1.29 is 43.9 Å². The summed E-state index contributed by atoms with van der Waals surface area (Å²) in [6.07, 6.45) is 9.79. The third-order valence-corrected chi connectivity index (χ3v) is 11.1. The number of allylic oxidation sites excluding steroid dienone is 4. The van der Waals surface area contributed by atoms with Crippen molar-refractivity contribution in [2.45, 2.75) is 116 Å². The molecule has 7 atom stereocenters. The van der Waals surface area contributed by atoms with E-state index in [9.17, 15) is 29.7 Å². The maximum atomic E-state index is 14.8. The van der Waals surface area contributed by atoms with Gasteiger partial charge in [0.25, 0.3) is 0 Å². The number of carboxylic acid groups (broad SMARTS) is 1. The van der Waals surface area contributed by atoms with Crippen LogP contribution in [-0.4, -0.2) is 61.4 Å². The fourth-order valence-corrected chi connectivity index (χ4v) is 8.76. The number of hydrogen-bond acceptors (Lipinski definition) is 8. The Morgan fingerprint density at radius 2 is 1.68 bits per heavy atom. The number of phenols is 1. The molecule has 47 heavy (non-hydrogen) atoms. The average molecular weight is 647 g/mol. The van der Waals surface area contributed by atoms with Crippen LogP contribution in [0.5, 0.6) is 17.2 Å². The number of fused-ring (bicyclic) bond motifs is 2. The molecule has 6 aliphatic rings. The number of rotatable bonds is 8. The Labute approximate surface area is 276 Å². The van der Waals surface area contributed by atoms with Crippen LogP contribution >= 0.6 is 0 Å². The summed E-state index contributed by atoms with van der Waals surface area (Å²) in [5.41, 5.74) is -1.91. The predicted octanol–water partition coefficient (Wildman–Crippen LogP) is 6.29. The van der Waals surface area contributed by atoms with Gasteiger partial charge in [-0.1, -0.05) is 29.4 Å². The summed E-state index contributed by atoms with van der Waals surface area (Å²) in [5, 5.41) is 33.2. The van der Waals surface area contributed by atoms with E-state index in [1.807, 2.05) is 60.6 Å². The van der Waals surface area contributed by atoms with Crippen LogP contribution in [0.1, 0.15) is 103 Å². The van der Waals surface area contributed by atoms with Gasteiger partial charge in [0.05, 0.1) is 23.2 Å². The summed E-state index contributed by atoms with van der Waals surface area (Å²) in [7, 11) is 0. The van der Waals surface area contributed by atoms with Crippen molar-refractivity contribution >= 4 is 23.6 Å². The molecule has 4 bridgehead atoms. The van der Waals surface area contributed by atoms with E-state index in [0.29, 0.717) is 29.7 Å². The van der Waals surface area contributed by atoms with Crippen LogP contribution in [0.4, 0.5) is 0 Å². The minimum atomic E-state index is -1.74. The van der Waals surface area contributed by atoms with E-state index in [2.05, 4.69) is 6.08 Å². The van der Waals surface area contributed by atoms with Gasteiger partial charge in [-0.2, -0.15) is 0 Å². The second-order valence-corrected chi connectivity index (χ2v) is 15.2. The molecule has 4 unspecified atom stereocenters. The van der Waals surface area contributed by atoms with Crippen LogP contribution in [0.2, 0.25) is 0 Å². The van der Waals surface area contributed by atoms with E-state index in [1.165, 1.54) is 18.6 Å². The highest BCUT2D eigenvalue weighted by atomic mass is 16.6. The average Bonchev–Trinajstić information content (AvgIpc) is 3.10. The minimum absolute atomic E-state index is 0.0260. The van der Waals surface area contributed by atoms with Crippen molar-refractivity contribution in [1.82, 2.24) is 0 Å². The molecule has 0 amide bonds. The van der Waals surface area contributed by atoms with E-state index in [-0.39, 0.29) is 35.5 Å². The van der Waals surface area contributed by atoms with Gasteiger partial charge >= 0.3 is 5.97 Å². The fourth-order valence-electron chi connectivity index (χ4n) is 8.76. The van der Waals surface area contributed by atoms with E-state index >= 15 is 0 Å². The first-order chi connectivity index (χ1) is 21.9. The zero-order valence-corrected chi connectivity index (χ0v) is 28.5. The molecule has 4 fully saturated rings. The number of Topliss-reactive ketones (excluding diaryl/α,β-unsaturated/α-hetero) is 2. The van der Waals surface area contributed by atoms with Gasteiger partial charge in [-0.15, -0.1) is 0 Å². The smallest absolute Gasteiger partial charge is 0.330 e. The SMILES string of the molecule is CC(C)=CCCC1(C)C=Cc2c(O)c3c(c(CC=C(C)C)c2O1)O[C@]12C(C3=O)C(O)[C@@H]3CC1C(C)(C)O[C@@]2(C/C=C(/C)C(=O)O)C3=O. The lowest BCUT2D eigenvalue weighted by Crippen LogP contribution is -2.80. The van der Waals surface area contributed by atoms with Gasteiger partial charge in [-0.25, -0.2) is 4.79 Å². The molecule has 1 saturated heterocycles. The molecule has 1 spiro atoms. The van der Waals surface area contributed by atoms with Gasteiger partial charge in [0.15, 0.2) is 22.8 Å². The number of aliphatic hydroxyl groups is 1. The van der Waals surface area contributed by atoms with Crippen LogP contribution in [0.15, 0.2) is 41.0 Å². The van der Waals surface area contributed by atoms with E-state index in [0.717, 1.165) is 12.0 Å². The third-order valence-electron chi connectivity index (χ3n) is 11.1. The molecular formula is C38H46O9. The number of carbonyl (C=O) groups excluding carboxylic acids is 2. The van der Waals surface area contributed by atoms with Crippen LogP contribution in [0.25, 0.3) is 6.08 Å². The van der Waals surface area contributed by atoms with Crippen molar-refractivity contribution in [2.24, 2.45) is 17.8 Å². The summed E-state index contributed by atoms with van der Waals surface area (Å²) in [6, 6.07) is 0. The minimum Gasteiger partial charge on any atom is -0.506 e. The number of ketones is 2. The third kappa shape index (κ3) is 4.67. The van der Waals surface area contributed by atoms with Gasteiger partial charge in [0.1, 0.15) is 28.4 Å². The second kappa shape index (κ2) is 10.9. The molecule has 0 radical (unpaired) electrons. The maximum Gasteiger partial charge on any atom is 0.330 e. The molecular weight excluding hydrogens is 600 g/mol. The van der Waals surface area contributed by atoms with Gasteiger partial charge in [-0.3, -0.25) is 9.59 Å². The van der Waals surface area contributed by atoms with Crippen LogP contribution in [0.3, 0.4) is 0 Å². The molecule has 9 heteroatoms. The first-order valence-electron chi connectivity index (χ1n) is 16.5. The van der Waals surface area contributed by atoms with E-state index in [4.69, 9.17) is 14.2 Å². The maximum absolute atomic E-state index is 14.8. The Hall–Kier alpha value is -3.69.